The number of hydrogen-bond donors (Lipinski definition) is 1. The van der Waals surface area contributed by atoms with Gasteiger partial charge in [0.1, 0.15) is 5.82 Å². The molecule has 1 N–H and O–H groups in total. The van der Waals surface area contributed by atoms with Crippen LogP contribution in [-0.4, -0.2) is 20.2 Å². The molecule has 1 aliphatic heterocycles. The van der Waals surface area contributed by atoms with Crippen molar-refractivity contribution in [2.75, 3.05) is 20.2 Å². The molecule has 3 heteroatoms. The van der Waals surface area contributed by atoms with Crippen molar-refractivity contribution in [1.82, 2.24) is 5.32 Å². The number of halogens is 1. The van der Waals surface area contributed by atoms with E-state index in [1.807, 2.05) is 19.2 Å². The lowest BCUT2D eigenvalue weighted by molar-refractivity contribution is -0.0291. The van der Waals surface area contributed by atoms with Gasteiger partial charge in [0.25, 0.3) is 0 Å². The third-order valence-corrected chi connectivity index (χ3v) is 3.12. The Morgan fingerprint density at radius 3 is 3.00 bits per heavy atom. The highest BCUT2D eigenvalue weighted by atomic mass is 19.1. The zero-order valence-electron chi connectivity index (χ0n) is 9.58. The average molecular weight is 223 g/mol. The van der Waals surface area contributed by atoms with E-state index in [1.54, 1.807) is 6.07 Å². The molecule has 0 spiro atoms. The fraction of sp³-hybridized carbons (Fsp3) is 0.538. The highest BCUT2D eigenvalue weighted by Crippen LogP contribution is 2.34. The summed E-state index contributed by atoms with van der Waals surface area (Å²) >= 11 is 0. The third-order valence-electron chi connectivity index (χ3n) is 3.12. The van der Waals surface area contributed by atoms with Crippen LogP contribution >= 0.6 is 0 Å². The summed E-state index contributed by atoms with van der Waals surface area (Å²) in [5.41, 5.74) is 0.697. The van der Waals surface area contributed by atoms with Crippen LogP contribution in [0.15, 0.2) is 24.3 Å². The van der Waals surface area contributed by atoms with E-state index in [1.165, 1.54) is 6.07 Å². The Bertz CT molecular complexity index is 340. The van der Waals surface area contributed by atoms with E-state index in [9.17, 15) is 4.39 Å². The Hall–Kier alpha value is -0.930. The van der Waals surface area contributed by atoms with E-state index in [0.717, 1.165) is 26.0 Å². The summed E-state index contributed by atoms with van der Waals surface area (Å²) in [6, 6.07) is 6.92. The lowest BCUT2D eigenvalue weighted by Crippen LogP contribution is -2.30. The minimum atomic E-state index is -0.157. The van der Waals surface area contributed by atoms with Crippen LogP contribution in [0, 0.1) is 11.7 Å². The first-order chi connectivity index (χ1) is 7.83. The van der Waals surface area contributed by atoms with Gasteiger partial charge in [-0.05, 0) is 26.0 Å². The number of rotatable bonds is 3. The van der Waals surface area contributed by atoms with Gasteiger partial charge in [-0.1, -0.05) is 18.2 Å². The van der Waals surface area contributed by atoms with Crippen LogP contribution in [0.5, 0.6) is 0 Å². The topological polar surface area (TPSA) is 21.3 Å². The summed E-state index contributed by atoms with van der Waals surface area (Å²) in [6.45, 7) is 1.61. The molecule has 2 unspecified atom stereocenters. The normalized spacial score (nSPS) is 25.6. The smallest absolute Gasteiger partial charge is 0.129 e. The molecular formula is C13H18FNO. The van der Waals surface area contributed by atoms with Crippen LogP contribution in [0.2, 0.25) is 0 Å². The molecule has 0 radical (unpaired) electrons. The number of hydrogen-bond acceptors (Lipinski definition) is 2. The molecule has 1 aromatic rings. The molecule has 88 valence electrons. The molecule has 0 aromatic heterocycles. The summed E-state index contributed by atoms with van der Waals surface area (Å²) in [4.78, 5) is 0. The van der Waals surface area contributed by atoms with E-state index in [4.69, 9.17) is 4.74 Å². The molecule has 1 aliphatic rings. The van der Waals surface area contributed by atoms with Crippen molar-refractivity contribution in [3.05, 3.63) is 35.6 Å². The first kappa shape index (κ1) is 11.6. The van der Waals surface area contributed by atoms with Gasteiger partial charge in [-0.3, -0.25) is 0 Å². The second-order valence-corrected chi connectivity index (χ2v) is 4.27. The maximum atomic E-state index is 13.7. The van der Waals surface area contributed by atoms with Crippen LogP contribution < -0.4 is 5.32 Å². The maximum Gasteiger partial charge on any atom is 0.129 e. The first-order valence-corrected chi connectivity index (χ1v) is 5.83. The van der Waals surface area contributed by atoms with Crippen molar-refractivity contribution < 1.29 is 9.13 Å². The molecule has 1 heterocycles. The fourth-order valence-corrected chi connectivity index (χ4v) is 2.36. The van der Waals surface area contributed by atoms with Gasteiger partial charge in [0.05, 0.1) is 6.10 Å². The van der Waals surface area contributed by atoms with Crippen LogP contribution in [0.25, 0.3) is 0 Å². The number of ether oxygens (including phenoxy) is 1. The largest absolute Gasteiger partial charge is 0.373 e. The molecule has 2 nitrogen and oxygen atoms in total. The number of nitrogens with one attached hydrogen (secondary N) is 1. The zero-order chi connectivity index (χ0) is 11.4. The van der Waals surface area contributed by atoms with Crippen molar-refractivity contribution in [3.8, 4) is 0 Å². The van der Waals surface area contributed by atoms with Gasteiger partial charge in [-0.2, -0.15) is 0 Å². The predicted molar refractivity (Wildman–Crippen MR) is 61.7 cm³/mol. The maximum absolute atomic E-state index is 13.7. The number of benzene rings is 1. The highest BCUT2D eigenvalue weighted by Gasteiger charge is 2.28. The molecule has 0 saturated carbocycles. The standard InChI is InChI=1S/C13H18FNO/c1-15-9-10-5-4-8-16-13(10)11-6-2-3-7-12(11)14/h2-3,6-7,10,13,15H,4-5,8-9H2,1H3. The van der Waals surface area contributed by atoms with Crippen molar-refractivity contribution in [1.29, 1.82) is 0 Å². The molecule has 2 atom stereocenters. The van der Waals surface area contributed by atoms with Crippen LogP contribution in [-0.2, 0) is 4.74 Å². The molecule has 2 rings (SSSR count). The van der Waals surface area contributed by atoms with E-state index in [2.05, 4.69) is 5.32 Å². The molecular weight excluding hydrogens is 205 g/mol. The minimum absolute atomic E-state index is 0.0950. The van der Waals surface area contributed by atoms with Gasteiger partial charge in [-0.15, -0.1) is 0 Å². The lowest BCUT2D eigenvalue weighted by atomic mass is 9.89. The van der Waals surface area contributed by atoms with Gasteiger partial charge in [0.15, 0.2) is 0 Å². The first-order valence-electron chi connectivity index (χ1n) is 5.83. The van der Waals surface area contributed by atoms with Crippen molar-refractivity contribution >= 4 is 0 Å². The lowest BCUT2D eigenvalue weighted by Gasteiger charge is -2.32. The zero-order valence-corrected chi connectivity index (χ0v) is 9.58. The molecule has 0 aliphatic carbocycles. The second-order valence-electron chi connectivity index (χ2n) is 4.27. The predicted octanol–water partition coefficient (Wildman–Crippen LogP) is 2.51. The van der Waals surface area contributed by atoms with Crippen molar-refractivity contribution in [2.45, 2.75) is 18.9 Å². The Morgan fingerprint density at radius 2 is 2.25 bits per heavy atom. The molecule has 1 aromatic carbocycles. The molecule has 16 heavy (non-hydrogen) atoms. The summed E-state index contributed by atoms with van der Waals surface area (Å²) in [5, 5.41) is 3.15. The molecule has 0 amide bonds. The van der Waals surface area contributed by atoms with Crippen LogP contribution in [0.4, 0.5) is 4.39 Å². The molecule has 1 saturated heterocycles. The Balaban J connectivity index is 2.19. The van der Waals surface area contributed by atoms with Crippen molar-refractivity contribution in [2.24, 2.45) is 5.92 Å². The van der Waals surface area contributed by atoms with E-state index in [0.29, 0.717) is 11.5 Å². The van der Waals surface area contributed by atoms with Crippen molar-refractivity contribution in [3.63, 3.8) is 0 Å². The quantitative estimate of drug-likeness (QED) is 0.850. The van der Waals surface area contributed by atoms with E-state index >= 15 is 0 Å². The fourth-order valence-electron chi connectivity index (χ4n) is 2.36. The Labute approximate surface area is 95.8 Å². The highest BCUT2D eigenvalue weighted by molar-refractivity contribution is 5.21. The monoisotopic (exact) mass is 223 g/mol. The third kappa shape index (κ3) is 2.42. The second kappa shape index (κ2) is 5.41. The Morgan fingerprint density at radius 1 is 1.44 bits per heavy atom. The summed E-state index contributed by atoms with van der Waals surface area (Å²) < 4.78 is 19.4. The van der Waals surface area contributed by atoms with Gasteiger partial charge in [0.2, 0.25) is 0 Å². The minimum Gasteiger partial charge on any atom is -0.373 e. The molecule has 1 fully saturated rings. The van der Waals surface area contributed by atoms with Crippen LogP contribution in [0.3, 0.4) is 0 Å². The average Bonchev–Trinajstić information content (AvgIpc) is 2.31. The van der Waals surface area contributed by atoms with Gasteiger partial charge in [-0.25, -0.2) is 4.39 Å². The Kier molecular flexibility index (Phi) is 3.91. The SMILES string of the molecule is CNCC1CCCOC1c1ccccc1F. The van der Waals surface area contributed by atoms with E-state index < -0.39 is 0 Å². The van der Waals surface area contributed by atoms with Gasteiger partial charge < -0.3 is 10.1 Å². The summed E-state index contributed by atoms with van der Waals surface area (Å²) in [5.74, 6) is 0.214. The van der Waals surface area contributed by atoms with E-state index in [-0.39, 0.29) is 11.9 Å². The molecule has 0 bridgehead atoms. The van der Waals surface area contributed by atoms with Gasteiger partial charge in [0, 0.05) is 24.6 Å². The van der Waals surface area contributed by atoms with Crippen LogP contribution in [0.1, 0.15) is 24.5 Å². The summed E-state index contributed by atoms with van der Waals surface area (Å²) in [6.07, 6.45) is 2.07. The summed E-state index contributed by atoms with van der Waals surface area (Å²) in [7, 11) is 1.92. The van der Waals surface area contributed by atoms with Gasteiger partial charge >= 0.3 is 0 Å².